The minimum absolute atomic E-state index is 0.235. The highest BCUT2D eigenvalue weighted by Crippen LogP contribution is 2.21. The third kappa shape index (κ3) is 8.49. The first-order chi connectivity index (χ1) is 12.6. The molecule has 0 heterocycles. The van der Waals surface area contributed by atoms with Crippen LogP contribution < -0.4 is 0 Å². The van der Waals surface area contributed by atoms with E-state index >= 15 is 0 Å². The number of alkyl halides is 2. The van der Waals surface area contributed by atoms with Gasteiger partial charge >= 0.3 is 0 Å². The predicted molar refractivity (Wildman–Crippen MR) is 103 cm³/mol. The van der Waals surface area contributed by atoms with Crippen LogP contribution in [-0.2, 0) is 9.47 Å². The molecule has 0 saturated heterocycles. The van der Waals surface area contributed by atoms with Crippen molar-refractivity contribution in [3.63, 3.8) is 0 Å². The third-order valence-electron chi connectivity index (χ3n) is 4.27. The molecule has 0 amide bonds. The molecule has 26 heavy (non-hydrogen) atoms. The SMILES string of the molecule is C#CC(=C\C=C(/CF)COC1CCCCC1)/C(C)=C/C=C(\CF)OCC. The number of halogens is 2. The van der Waals surface area contributed by atoms with Gasteiger partial charge in [-0.3, -0.25) is 0 Å². The van der Waals surface area contributed by atoms with Crippen molar-refractivity contribution in [2.75, 3.05) is 26.6 Å². The Balaban J connectivity index is 2.74. The van der Waals surface area contributed by atoms with E-state index in [1.807, 2.05) is 6.92 Å². The van der Waals surface area contributed by atoms with Gasteiger partial charge in [-0.25, -0.2) is 8.78 Å². The zero-order chi connectivity index (χ0) is 19.2. The monoisotopic (exact) mass is 364 g/mol. The third-order valence-corrected chi connectivity index (χ3v) is 4.27. The minimum atomic E-state index is -0.670. The van der Waals surface area contributed by atoms with Crippen LogP contribution in [0.1, 0.15) is 46.0 Å². The highest BCUT2D eigenvalue weighted by Gasteiger charge is 2.14. The first kappa shape index (κ1) is 22.2. The summed E-state index contributed by atoms with van der Waals surface area (Å²) in [7, 11) is 0. The number of rotatable bonds is 10. The summed E-state index contributed by atoms with van der Waals surface area (Å²) < 4.78 is 37.0. The summed E-state index contributed by atoms with van der Waals surface area (Å²) in [5.74, 6) is 2.84. The summed E-state index contributed by atoms with van der Waals surface area (Å²) in [5.41, 5.74) is 1.95. The van der Waals surface area contributed by atoms with E-state index in [1.54, 1.807) is 31.2 Å². The van der Waals surface area contributed by atoms with Crippen molar-refractivity contribution in [2.24, 2.45) is 0 Å². The van der Waals surface area contributed by atoms with E-state index in [0.717, 1.165) is 18.4 Å². The molecule has 0 atom stereocenters. The van der Waals surface area contributed by atoms with Crippen molar-refractivity contribution in [1.82, 2.24) is 0 Å². The fourth-order valence-electron chi connectivity index (χ4n) is 2.71. The second-order valence-corrected chi connectivity index (χ2v) is 6.30. The van der Waals surface area contributed by atoms with Crippen LogP contribution in [0.2, 0.25) is 0 Å². The van der Waals surface area contributed by atoms with E-state index in [4.69, 9.17) is 15.9 Å². The molecule has 1 rings (SSSR count). The Bertz CT molecular complexity index is 573. The Kier molecular flexibility index (Phi) is 11.4. The van der Waals surface area contributed by atoms with E-state index < -0.39 is 13.3 Å². The summed E-state index contributed by atoms with van der Waals surface area (Å²) in [6, 6.07) is 0. The fourth-order valence-corrected chi connectivity index (χ4v) is 2.71. The Labute approximate surface area is 156 Å². The largest absolute Gasteiger partial charge is 0.495 e. The van der Waals surface area contributed by atoms with E-state index in [2.05, 4.69) is 5.92 Å². The molecule has 0 aromatic carbocycles. The van der Waals surface area contributed by atoms with Crippen molar-refractivity contribution < 1.29 is 18.3 Å². The molecule has 0 spiro atoms. The van der Waals surface area contributed by atoms with Crippen molar-refractivity contribution in [2.45, 2.75) is 52.1 Å². The summed E-state index contributed by atoms with van der Waals surface area (Å²) in [5, 5.41) is 0. The lowest BCUT2D eigenvalue weighted by atomic mass is 9.98. The van der Waals surface area contributed by atoms with Crippen LogP contribution in [0.3, 0.4) is 0 Å². The Morgan fingerprint density at radius 3 is 2.38 bits per heavy atom. The molecule has 1 aliphatic carbocycles. The number of terminal acetylenes is 1. The van der Waals surface area contributed by atoms with Gasteiger partial charge in [0.05, 0.1) is 19.3 Å². The number of hydrogen-bond acceptors (Lipinski definition) is 2. The molecule has 0 aliphatic heterocycles. The van der Waals surface area contributed by atoms with Gasteiger partial charge in [0.1, 0.15) is 19.1 Å². The lowest BCUT2D eigenvalue weighted by molar-refractivity contribution is 0.0409. The van der Waals surface area contributed by atoms with Crippen LogP contribution in [0.4, 0.5) is 8.78 Å². The highest BCUT2D eigenvalue weighted by molar-refractivity contribution is 5.46. The minimum Gasteiger partial charge on any atom is -0.495 e. The number of ether oxygens (including phenoxy) is 2. The van der Waals surface area contributed by atoms with Crippen LogP contribution in [0.15, 0.2) is 46.8 Å². The zero-order valence-corrected chi connectivity index (χ0v) is 15.9. The van der Waals surface area contributed by atoms with E-state index in [0.29, 0.717) is 17.8 Å². The quantitative estimate of drug-likeness (QED) is 0.284. The molecule has 1 saturated carbocycles. The maximum absolute atomic E-state index is 13.2. The Hall–Kier alpha value is -1.86. The van der Waals surface area contributed by atoms with Gasteiger partial charge < -0.3 is 9.47 Å². The maximum atomic E-state index is 13.2. The standard InChI is InChI=1S/C22H30F2O2/c1-4-20(18(3)11-14-22(16-24)25-5-2)13-12-19(15-23)17-26-21-9-7-6-8-10-21/h1,11-14,21H,5-10,15-17H2,2-3H3/b18-11+,19-12+,20-13+,22-14+. The molecule has 1 aliphatic rings. The van der Waals surface area contributed by atoms with E-state index in [9.17, 15) is 8.78 Å². The van der Waals surface area contributed by atoms with Crippen molar-refractivity contribution in [3.05, 3.63) is 46.8 Å². The molecule has 1 fully saturated rings. The van der Waals surface area contributed by atoms with Gasteiger partial charge in [0, 0.05) is 5.57 Å². The Morgan fingerprint density at radius 1 is 1.08 bits per heavy atom. The topological polar surface area (TPSA) is 18.5 Å². The average Bonchev–Trinajstić information content (AvgIpc) is 2.68. The summed E-state index contributed by atoms with van der Waals surface area (Å²) in [6.07, 6.45) is 18.2. The molecule has 0 radical (unpaired) electrons. The molecule has 144 valence electrons. The van der Waals surface area contributed by atoms with E-state index in [-0.39, 0.29) is 18.5 Å². The second-order valence-electron chi connectivity index (χ2n) is 6.30. The number of allylic oxidation sites excluding steroid dienone is 7. The molecule has 0 N–H and O–H groups in total. The second kappa shape index (κ2) is 13.4. The summed E-state index contributed by atoms with van der Waals surface area (Å²) in [6.45, 7) is 3.08. The fraction of sp³-hybridized carbons (Fsp3) is 0.545. The van der Waals surface area contributed by atoms with Crippen molar-refractivity contribution in [1.29, 1.82) is 0 Å². The van der Waals surface area contributed by atoms with Crippen LogP contribution >= 0.6 is 0 Å². The van der Waals surface area contributed by atoms with Crippen LogP contribution in [-0.4, -0.2) is 32.7 Å². The smallest absolute Gasteiger partial charge is 0.146 e. The molecule has 0 aromatic heterocycles. The van der Waals surface area contributed by atoms with Crippen LogP contribution in [0.25, 0.3) is 0 Å². The van der Waals surface area contributed by atoms with Crippen LogP contribution in [0, 0.1) is 12.3 Å². The summed E-state index contributed by atoms with van der Waals surface area (Å²) >= 11 is 0. The van der Waals surface area contributed by atoms with Gasteiger partial charge in [0.25, 0.3) is 0 Å². The predicted octanol–water partition coefficient (Wildman–Crippen LogP) is 5.63. The van der Waals surface area contributed by atoms with Crippen LogP contribution in [0.5, 0.6) is 0 Å². The van der Waals surface area contributed by atoms with Gasteiger partial charge in [-0.05, 0) is 50.0 Å². The zero-order valence-electron chi connectivity index (χ0n) is 15.9. The molecule has 0 bridgehead atoms. The van der Waals surface area contributed by atoms with Gasteiger partial charge in [-0.15, -0.1) is 6.42 Å². The Morgan fingerprint density at radius 2 is 1.81 bits per heavy atom. The normalized spacial score (nSPS) is 18.0. The van der Waals surface area contributed by atoms with Gasteiger partial charge in [-0.1, -0.05) is 37.3 Å². The van der Waals surface area contributed by atoms with Gasteiger partial charge in [0.2, 0.25) is 0 Å². The first-order valence-corrected chi connectivity index (χ1v) is 9.25. The maximum Gasteiger partial charge on any atom is 0.146 e. The molecule has 0 unspecified atom stereocenters. The summed E-state index contributed by atoms with van der Waals surface area (Å²) in [4.78, 5) is 0. The molecule has 0 aromatic rings. The highest BCUT2D eigenvalue weighted by atomic mass is 19.1. The van der Waals surface area contributed by atoms with Gasteiger partial charge in [-0.2, -0.15) is 0 Å². The van der Waals surface area contributed by atoms with E-state index in [1.165, 1.54) is 19.3 Å². The van der Waals surface area contributed by atoms with Crippen molar-refractivity contribution in [3.8, 4) is 12.3 Å². The lowest BCUT2D eigenvalue weighted by Gasteiger charge is -2.22. The van der Waals surface area contributed by atoms with Gasteiger partial charge in [0.15, 0.2) is 0 Å². The number of hydrogen-bond donors (Lipinski definition) is 0. The molecule has 4 heteroatoms. The molecular weight excluding hydrogens is 334 g/mol. The van der Waals surface area contributed by atoms with Crippen molar-refractivity contribution >= 4 is 0 Å². The molecular formula is C22H30F2O2. The average molecular weight is 364 g/mol. The first-order valence-electron chi connectivity index (χ1n) is 9.25. The molecule has 2 nitrogen and oxygen atoms in total. The lowest BCUT2D eigenvalue weighted by Crippen LogP contribution is -2.18.